The molecule has 0 unspecified atom stereocenters. The van der Waals surface area contributed by atoms with Gasteiger partial charge in [-0.3, -0.25) is 0 Å². The number of rotatable bonds is 5. The molecule has 70 valence electrons. The van der Waals surface area contributed by atoms with Crippen LogP contribution in [0.2, 0.25) is 0 Å². The Morgan fingerprint density at radius 1 is 1.00 bits per heavy atom. The second kappa shape index (κ2) is 7.30. The van der Waals surface area contributed by atoms with Crippen LogP contribution in [0.25, 0.3) is 0 Å². The van der Waals surface area contributed by atoms with Gasteiger partial charge in [-0.25, -0.2) is 10.8 Å². The highest BCUT2D eigenvalue weighted by Crippen LogP contribution is 2.19. The van der Waals surface area contributed by atoms with Crippen LogP contribution in [0, 0.1) is 0 Å². The lowest BCUT2D eigenvalue weighted by Crippen LogP contribution is -2.43. The first-order valence-corrected chi connectivity index (χ1v) is 5.74. The molecule has 12 heavy (non-hydrogen) atoms. The van der Waals surface area contributed by atoms with E-state index in [0.717, 1.165) is 0 Å². The Morgan fingerprint density at radius 3 is 1.58 bits per heavy atom. The number of hydrogen-bond acceptors (Lipinski definition) is 4. The van der Waals surface area contributed by atoms with Crippen molar-refractivity contribution in [1.82, 2.24) is 0 Å². The molecule has 4 N–H and O–H groups in total. The predicted octanol–water partition coefficient (Wildman–Crippen LogP) is -2.02. The van der Waals surface area contributed by atoms with E-state index in [-0.39, 0.29) is 0 Å². The van der Waals surface area contributed by atoms with Crippen LogP contribution in [-0.4, -0.2) is 37.5 Å². The summed E-state index contributed by atoms with van der Waals surface area (Å²) in [6.45, 7) is 0. The summed E-state index contributed by atoms with van der Waals surface area (Å²) in [6.07, 6.45) is 0. The fourth-order valence-corrected chi connectivity index (χ4v) is 2.15. The molecule has 4 nitrogen and oxygen atoms in total. The van der Waals surface area contributed by atoms with E-state index in [1.54, 1.807) is 35.8 Å². The molecule has 0 aromatic carbocycles. The van der Waals surface area contributed by atoms with Crippen LogP contribution in [0.1, 0.15) is 0 Å². The summed E-state index contributed by atoms with van der Waals surface area (Å²) >= 11 is 0. The lowest BCUT2D eigenvalue weighted by molar-refractivity contribution is -0.138. The average molecular weight is 210 g/mol. The molecule has 0 rings (SSSR count). The maximum atomic E-state index is 5.41. The summed E-state index contributed by atoms with van der Waals surface area (Å²) in [6, 6.07) is 0. The third-order valence-corrected chi connectivity index (χ3v) is 3.19. The highest BCUT2D eigenvalue weighted by molar-refractivity contribution is 8.77. The standard InChI is InChI=1S/C6H12N2O2S2/c1-9-5(7)3-11-12-4-6(8)10-2/h7-8H,3-4H2,1-2H3/p+2. The van der Waals surface area contributed by atoms with Crippen LogP contribution in [0.3, 0.4) is 0 Å². The third-order valence-electron chi connectivity index (χ3n) is 1.01. The van der Waals surface area contributed by atoms with Crippen LogP contribution in [-0.2, 0) is 9.47 Å². The third kappa shape index (κ3) is 6.36. The summed E-state index contributed by atoms with van der Waals surface area (Å²) in [4.78, 5) is 0. The molecule has 0 saturated carbocycles. The second-order valence-corrected chi connectivity index (χ2v) is 4.33. The fraction of sp³-hybridized carbons (Fsp3) is 0.667. The van der Waals surface area contributed by atoms with Crippen LogP contribution in [0.15, 0.2) is 0 Å². The minimum atomic E-state index is 0.517. The molecule has 0 aromatic rings. The largest absolute Gasteiger partial charge is 0.451 e. The van der Waals surface area contributed by atoms with Gasteiger partial charge in [-0.15, -0.1) is 0 Å². The van der Waals surface area contributed by atoms with E-state index in [1.807, 2.05) is 0 Å². The monoisotopic (exact) mass is 210 g/mol. The molecular weight excluding hydrogens is 196 g/mol. The van der Waals surface area contributed by atoms with E-state index < -0.39 is 0 Å². The second-order valence-electron chi connectivity index (χ2n) is 1.87. The Labute approximate surface area is 79.8 Å². The van der Waals surface area contributed by atoms with Gasteiger partial charge in [0.1, 0.15) is 11.5 Å². The van der Waals surface area contributed by atoms with Crippen molar-refractivity contribution >= 4 is 33.4 Å². The van der Waals surface area contributed by atoms with Crippen LogP contribution in [0.5, 0.6) is 0 Å². The minimum absolute atomic E-state index is 0.517. The lowest BCUT2D eigenvalue weighted by Gasteiger charge is -1.96. The number of methoxy groups -OCH3 is 2. The first-order valence-electron chi connectivity index (χ1n) is 3.25. The van der Waals surface area contributed by atoms with Crippen molar-refractivity contribution in [3.05, 3.63) is 0 Å². The van der Waals surface area contributed by atoms with E-state index in [2.05, 4.69) is 0 Å². The van der Waals surface area contributed by atoms with Crippen molar-refractivity contribution in [2.75, 3.05) is 25.7 Å². The van der Waals surface area contributed by atoms with Crippen molar-refractivity contribution in [1.29, 1.82) is 0 Å². The van der Waals surface area contributed by atoms with Crippen LogP contribution < -0.4 is 10.8 Å². The molecule has 0 amide bonds. The van der Waals surface area contributed by atoms with Crippen molar-refractivity contribution in [3.63, 3.8) is 0 Å². The molecule has 0 aliphatic carbocycles. The Balaban J connectivity index is 3.21. The number of hydrogen-bond donors (Lipinski definition) is 2. The lowest BCUT2D eigenvalue weighted by atomic mass is 10.8. The van der Waals surface area contributed by atoms with E-state index in [1.165, 1.54) is 0 Å². The van der Waals surface area contributed by atoms with Gasteiger partial charge in [-0.1, -0.05) is 21.6 Å². The van der Waals surface area contributed by atoms with Gasteiger partial charge in [0.25, 0.3) is 0 Å². The quantitative estimate of drug-likeness (QED) is 0.238. The first-order chi connectivity index (χ1) is 5.70. The normalized spacial score (nSPS) is 9.17. The highest BCUT2D eigenvalue weighted by atomic mass is 33.1. The Bertz CT molecular complexity index is 146. The first kappa shape index (κ1) is 11.6. The van der Waals surface area contributed by atoms with Crippen molar-refractivity contribution in [2.24, 2.45) is 0 Å². The van der Waals surface area contributed by atoms with Crippen molar-refractivity contribution in [3.8, 4) is 0 Å². The van der Waals surface area contributed by atoms with Crippen LogP contribution in [0.4, 0.5) is 0 Å². The molecular formula is C6H14N2O2S2+2. The zero-order valence-corrected chi connectivity index (χ0v) is 8.83. The molecule has 0 saturated heterocycles. The molecule has 0 atom stereocenters. The highest BCUT2D eigenvalue weighted by Gasteiger charge is 2.05. The molecule has 0 aromatic heterocycles. The minimum Gasteiger partial charge on any atom is -0.451 e. The number of nitrogens with two attached hydrogens (primary N) is 2. The van der Waals surface area contributed by atoms with E-state index >= 15 is 0 Å². The van der Waals surface area contributed by atoms with Gasteiger partial charge in [0.15, 0.2) is 0 Å². The molecule has 6 heteroatoms. The maximum Gasteiger partial charge on any atom is 0.343 e. The smallest absolute Gasteiger partial charge is 0.343 e. The number of ether oxygens (including phenoxy) is 2. The van der Waals surface area contributed by atoms with Gasteiger partial charge in [-0.05, 0) is 0 Å². The van der Waals surface area contributed by atoms with Crippen LogP contribution >= 0.6 is 21.6 Å². The Hall–Kier alpha value is -0.360. The van der Waals surface area contributed by atoms with Gasteiger partial charge >= 0.3 is 11.8 Å². The molecule has 0 bridgehead atoms. The predicted molar refractivity (Wildman–Crippen MR) is 52.8 cm³/mol. The van der Waals surface area contributed by atoms with Gasteiger partial charge in [0.05, 0.1) is 14.2 Å². The molecule has 0 spiro atoms. The fourth-order valence-electron chi connectivity index (χ4n) is 0.317. The SMILES string of the molecule is COC(=[NH2+])CSSCC(=[NH2+])OC. The molecule has 0 aliphatic heterocycles. The van der Waals surface area contributed by atoms with Gasteiger partial charge in [0, 0.05) is 0 Å². The summed E-state index contributed by atoms with van der Waals surface area (Å²) < 4.78 is 9.55. The Morgan fingerprint density at radius 2 is 1.33 bits per heavy atom. The van der Waals surface area contributed by atoms with Crippen molar-refractivity contribution in [2.45, 2.75) is 0 Å². The molecule has 0 heterocycles. The zero-order chi connectivity index (χ0) is 9.40. The molecule has 0 fully saturated rings. The Kier molecular flexibility index (Phi) is 7.08. The summed E-state index contributed by atoms with van der Waals surface area (Å²) in [5.41, 5.74) is 0. The van der Waals surface area contributed by atoms with E-state index in [4.69, 9.17) is 20.3 Å². The summed E-state index contributed by atoms with van der Waals surface area (Å²) in [5, 5.41) is 10.8. The van der Waals surface area contributed by atoms with Gasteiger partial charge in [0.2, 0.25) is 0 Å². The summed E-state index contributed by atoms with van der Waals surface area (Å²) in [5.74, 6) is 2.36. The topological polar surface area (TPSA) is 69.6 Å². The van der Waals surface area contributed by atoms with Gasteiger partial charge < -0.3 is 9.47 Å². The maximum absolute atomic E-state index is 5.41. The summed E-state index contributed by atoms with van der Waals surface area (Å²) in [7, 11) is 6.26. The van der Waals surface area contributed by atoms with E-state index in [0.29, 0.717) is 23.3 Å². The van der Waals surface area contributed by atoms with Crippen molar-refractivity contribution < 1.29 is 20.3 Å². The average Bonchev–Trinajstić information content (AvgIpc) is 2.11. The molecule has 0 radical (unpaired) electrons. The van der Waals surface area contributed by atoms with E-state index in [9.17, 15) is 0 Å². The van der Waals surface area contributed by atoms with Gasteiger partial charge in [-0.2, -0.15) is 0 Å². The zero-order valence-electron chi connectivity index (χ0n) is 7.20. The molecule has 0 aliphatic rings.